The van der Waals surface area contributed by atoms with Crippen molar-refractivity contribution < 1.29 is 18.4 Å². The van der Waals surface area contributed by atoms with E-state index in [1.165, 1.54) is 0 Å². The molecule has 0 aromatic heterocycles. The Bertz CT molecular complexity index is 1060. The highest BCUT2D eigenvalue weighted by molar-refractivity contribution is 7.70. The van der Waals surface area contributed by atoms with Crippen LogP contribution in [0.15, 0.2) is 84.9 Å². The van der Waals surface area contributed by atoms with Crippen molar-refractivity contribution in [2.24, 2.45) is 0 Å². The molecule has 4 nitrogen and oxygen atoms in total. The molecule has 0 heterocycles. The summed E-state index contributed by atoms with van der Waals surface area (Å²) in [5.41, 5.74) is 0. The van der Waals surface area contributed by atoms with E-state index in [2.05, 4.69) is 0 Å². The average Bonchev–Trinajstić information content (AvgIpc) is 2.69. The largest absolute Gasteiger partial charge is 0.495 e. The Kier molecular flexibility index (Phi) is 4.19. The summed E-state index contributed by atoms with van der Waals surface area (Å²) < 4.78 is 24.2. The molecule has 0 bridgehead atoms. The molecule has 0 amide bonds. The monoisotopic (exact) mass is 362 g/mol. The second kappa shape index (κ2) is 6.66. The molecule has 128 valence electrons. The zero-order valence-electron chi connectivity index (χ0n) is 13.7. The summed E-state index contributed by atoms with van der Waals surface area (Å²) in [5.74, 6) is 0.692. The second-order valence-electron chi connectivity index (χ2n) is 5.78. The summed E-state index contributed by atoms with van der Waals surface area (Å²) in [6.45, 7) is 0. The van der Waals surface area contributed by atoms with E-state index in [-0.39, 0.29) is 6.03 Å². The van der Waals surface area contributed by atoms with Gasteiger partial charge in [0.1, 0.15) is 11.5 Å². The van der Waals surface area contributed by atoms with Crippen molar-refractivity contribution in [3.05, 3.63) is 84.9 Å². The van der Waals surface area contributed by atoms with Crippen molar-refractivity contribution in [1.82, 2.24) is 0 Å². The van der Waals surface area contributed by atoms with E-state index in [0.29, 0.717) is 11.5 Å². The minimum Gasteiger partial charge on any atom is -0.410 e. The maximum Gasteiger partial charge on any atom is 0.495 e. The van der Waals surface area contributed by atoms with Gasteiger partial charge in [0.05, 0.1) is 0 Å². The fraction of sp³-hybridized carbons (Fsp3) is 0. The minimum atomic E-state index is -4.03. The summed E-state index contributed by atoms with van der Waals surface area (Å²) >= 11 is 0. The van der Waals surface area contributed by atoms with Crippen molar-refractivity contribution in [2.75, 3.05) is 0 Å². The van der Waals surface area contributed by atoms with Crippen molar-refractivity contribution >= 4 is 35.2 Å². The Morgan fingerprint density at radius 1 is 0.615 bits per heavy atom. The van der Waals surface area contributed by atoms with Gasteiger partial charge in [-0.3, -0.25) is 4.79 Å². The van der Waals surface area contributed by atoms with Gasteiger partial charge in [0.15, 0.2) is 0 Å². The van der Waals surface area contributed by atoms with Crippen LogP contribution in [-0.4, -0.2) is 6.03 Å². The van der Waals surface area contributed by atoms with Crippen LogP contribution in [0.4, 0.5) is 0 Å². The fourth-order valence-corrected chi connectivity index (χ4v) is 3.88. The first-order valence-corrected chi connectivity index (χ1v) is 9.70. The van der Waals surface area contributed by atoms with Crippen LogP contribution in [0, 0.1) is 0 Å². The molecule has 0 atom stereocenters. The van der Waals surface area contributed by atoms with Gasteiger partial charge in [-0.1, -0.05) is 72.8 Å². The third-order valence-corrected chi connectivity index (χ3v) is 5.24. The molecule has 4 aromatic rings. The topological polar surface area (TPSA) is 52.6 Å². The molecular weight excluding hydrogens is 347 g/mol. The SMILES string of the molecule is O=CP(=O)(Oc1cccc2ccccc12)Oc1cccc2ccccc12. The molecule has 5 heteroatoms. The van der Waals surface area contributed by atoms with E-state index in [1.54, 1.807) is 24.3 Å². The third kappa shape index (κ3) is 3.07. The van der Waals surface area contributed by atoms with Crippen LogP contribution in [-0.2, 0) is 9.36 Å². The first kappa shape index (κ1) is 16.4. The predicted octanol–water partition coefficient (Wildman–Crippen LogP) is 5.83. The Hall–Kier alpha value is -3.10. The van der Waals surface area contributed by atoms with Crippen molar-refractivity contribution in [1.29, 1.82) is 0 Å². The maximum atomic E-state index is 13.0. The highest BCUT2D eigenvalue weighted by Gasteiger charge is 2.29. The third-order valence-electron chi connectivity index (χ3n) is 4.08. The van der Waals surface area contributed by atoms with Crippen LogP contribution < -0.4 is 9.05 Å². The first-order valence-electron chi connectivity index (χ1n) is 8.09. The maximum absolute atomic E-state index is 13.0. The number of fused-ring (bicyclic) bond motifs is 2. The van der Waals surface area contributed by atoms with E-state index in [9.17, 15) is 9.36 Å². The van der Waals surface area contributed by atoms with Gasteiger partial charge < -0.3 is 9.05 Å². The van der Waals surface area contributed by atoms with Crippen LogP contribution in [0.5, 0.6) is 11.5 Å². The van der Waals surface area contributed by atoms with Gasteiger partial charge in [0, 0.05) is 10.8 Å². The molecule has 4 aromatic carbocycles. The van der Waals surface area contributed by atoms with E-state index < -0.39 is 7.60 Å². The molecule has 0 spiro atoms. The van der Waals surface area contributed by atoms with Gasteiger partial charge in [0.2, 0.25) is 0 Å². The second-order valence-corrected chi connectivity index (χ2v) is 7.44. The highest BCUT2D eigenvalue weighted by atomic mass is 31.2. The standard InChI is InChI=1S/C21H15O4P/c22-15-26(23,24-20-13-5-9-16-7-1-3-11-18(16)20)25-21-14-6-10-17-8-2-4-12-19(17)21/h1-15H. The Morgan fingerprint density at radius 3 is 1.50 bits per heavy atom. The summed E-state index contributed by atoms with van der Waals surface area (Å²) in [5, 5.41) is 3.37. The van der Waals surface area contributed by atoms with Crippen molar-refractivity contribution in [3.63, 3.8) is 0 Å². The molecule has 0 unspecified atom stereocenters. The lowest BCUT2D eigenvalue weighted by molar-refractivity contribution is 0.400. The lowest BCUT2D eigenvalue weighted by atomic mass is 10.1. The molecule has 0 aliphatic heterocycles. The summed E-state index contributed by atoms with van der Waals surface area (Å²) in [6, 6.07) is 26.0. The normalized spacial score (nSPS) is 11.4. The fourth-order valence-electron chi connectivity index (χ4n) is 2.89. The van der Waals surface area contributed by atoms with E-state index in [4.69, 9.17) is 9.05 Å². The number of benzene rings is 4. The molecule has 0 aliphatic carbocycles. The van der Waals surface area contributed by atoms with Crippen LogP contribution in [0.1, 0.15) is 0 Å². The van der Waals surface area contributed by atoms with Crippen LogP contribution in [0.25, 0.3) is 21.5 Å². The lowest BCUT2D eigenvalue weighted by Crippen LogP contribution is -2.02. The average molecular weight is 362 g/mol. The van der Waals surface area contributed by atoms with Gasteiger partial charge in [-0.05, 0) is 22.9 Å². The van der Waals surface area contributed by atoms with E-state index in [1.807, 2.05) is 60.7 Å². The van der Waals surface area contributed by atoms with Gasteiger partial charge in [-0.2, -0.15) is 0 Å². The molecular formula is C21H15O4P. The quantitative estimate of drug-likeness (QED) is 0.331. The molecule has 4 rings (SSSR count). The molecule has 0 aliphatic rings. The number of rotatable bonds is 5. The minimum absolute atomic E-state index is 0.247. The number of hydrogen-bond acceptors (Lipinski definition) is 4. The van der Waals surface area contributed by atoms with Gasteiger partial charge in [-0.25, -0.2) is 4.57 Å². The van der Waals surface area contributed by atoms with E-state index in [0.717, 1.165) is 21.5 Å². The predicted molar refractivity (Wildman–Crippen MR) is 104 cm³/mol. The summed E-state index contributed by atoms with van der Waals surface area (Å²) in [4.78, 5) is 11.6. The van der Waals surface area contributed by atoms with Gasteiger partial charge in [-0.15, -0.1) is 0 Å². The molecule has 0 radical (unpaired) electrons. The van der Waals surface area contributed by atoms with E-state index >= 15 is 0 Å². The zero-order valence-corrected chi connectivity index (χ0v) is 14.6. The number of hydrogen-bond donors (Lipinski definition) is 0. The Labute approximate surface area is 150 Å². The lowest BCUT2D eigenvalue weighted by Gasteiger charge is -2.17. The van der Waals surface area contributed by atoms with Crippen molar-refractivity contribution in [2.45, 2.75) is 0 Å². The van der Waals surface area contributed by atoms with Crippen LogP contribution >= 0.6 is 7.60 Å². The molecule has 0 fully saturated rings. The Balaban J connectivity index is 1.73. The number of carbonyl (C=O) groups excluding carboxylic acids is 1. The van der Waals surface area contributed by atoms with Crippen LogP contribution in [0.2, 0.25) is 0 Å². The Morgan fingerprint density at radius 2 is 1.04 bits per heavy atom. The smallest absolute Gasteiger partial charge is 0.410 e. The molecule has 0 saturated heterocycles. The summed E-state index contributed by atoms with van der Waals surface area (Å²) in [6.07, 6.45) is 0. The van der Waals surface area contributed by atoms with Crippen molar-refractivity contribution in [3.8, 4) is 11.5 Å². The first-order chi connectivity index (χ1) is 12.7. The van der Waals surface area contributed by atoms with Gasteiger partial charge >= 0.3 is 7.60 Å². The zero-order chi connectivity index (χ0) is 18.0. The van der Waals surface area contributed by atoms with Crippen LogP contribution in [0.3, 0.4) is 0 Å². The summed E-state index contributed by atoms with van der Waals surface area (Å²) in [7, 11) is -4.03. The highest BCUT2D eigenvalue weighted by Crippen LogP contribution is 2.48. The molecule has 26 heavy (non-hydrogen) atoms. The number of carbonyl (C=O) groups is 1. The molecule has 0 saturated carbocycles. The molecule has 0 N–H and O–H groups in total. The van der Waals surface area contributed by atoms with Gasteiger partial charge in [0.25, 0.3) is 6.03 Å².